The summed E-state index contributed by atoms with van der Waals surface area (Å²) in [5.41, 5.74) is 8.35. The summed E-state index contributed by atoms with van der Waals surface area (Å²) in [5, 5.41) is 14.8. The first-order valence-corrected chi connectivity index (χ1v) is 12.7. The first-order valence-electron chi connectivity index (χ1n) is 12.3. The molecule has 0 saturated carbocycles. The number of nitrogens with one attached hydrogen (secondary N) is 4. The third-order valence-electron chi connectivity index (χ3n) is 6.08. The predicted molar refractivity (Wildman–Crippen MR) is 160 cm³/mol. The molecule has 0 saturated heterocycles. The normalized spacial score (nSPS) is 10.9. The van der Waals surface area contributed by atoms with Gasteiger partial charge in [0.15, 0.2) is 22.4 Å². The fourth-order valence-corrected chi connectivity index (χ4v) is 4.42. The molecule has 0 bridgehead atoms. The lowest BCUT2D eigenvalue weighted by Gasteiger charge is -2.09. The van der Waals surface area contributed by atoms with Crippen LogP contribution in [0.25, 0.3) is 27.8 Å². The third kappa shape index (κ3) is 5.16. The molecule has 15 nitrogen and oxygen atoms in total. The van der Waals surface area contributed by atoms with Crippen LogP contribution in [0, 0.1) is 0 Å². The number of hydrogen-bond acceptors (Lipinski definition) is 11. The maximum absolute atomic E-state index is 12.4. The Kier molecular flexibility index (Phi) is 6.85. The van der Waals surface area contributed by atoms with E-state index in [2.05, 4.69) is 51.0 Å². The number of H-pyrrole nitrogens is 1. The maximum atomic E-state index is 12.4. The predicted octanol–water partition coefficient (Wildman–Crippen LogP) is 3.14. The average Bonchev–Trinajstić information content (AvgIpc) is 3.60. The lowest BCUT2D eigenvalue weighted by atomic mass is 10.2. The second-order valence-corrected chi connectivity index (χ2v) is 9.11. The smallest absolute Gasteiger partial charge is 0.258 e. The van der Waals surface area contributed by atoms with E-state index in [0.717, 1.165) is 10.9 Å². The second-order valence-electron chi connectivity index (χ2n) is 8.70. The molecule has 4 aromatic heterocycles. The Labute approximate surface area is 242 Å². The molecule has 1 amide bonds. The lowest BCUT2D eigenvalue weighted by Crippen LogP contribution is -2.20. The minimum absolute atomic E-state index is 0.0543. The first kappa shape index (κ1) is 26.3. The van der Waals surface area contributed by atoms with E-state index in [9.17, 15) is 4.79 Å². The number of aromatic amines is 1. The van der Waals surface area contributed by atoms with Crippen molar-refractivity contribution >= 4 is 68.7 Å². The Morgan fingerprint density at radius 3 is 2.43 bits per heavy atom. The highest BCUT2D eigenvalue weighted by atomic mass is 32.1. The van der Waals surface area contributed by atoms with E-state index in [4.69, 9.17) is 27.4 Å². The van der Waals surface area contributed by atoms with Crippen molar-refractivity contribution in [3.63, 3.8) is 0 Å². The molecule has 6 rings (SSSR count). The number of fused-ring (bicyclic) bond motifs is 3. The number of methoxy groups -OCH3 is 2. The summed E-state index contributed by atoms with van der Waals surface area (Å²) in [5.74, 6) is 1.67. The van der Waals surface area contributed by atoms with Crippen LogP contribution < -0.4 is 31.2 Å². The van der Waals surface area contributed by atoms with Gasteiger partial charge in [-0.15, -0.1) is 5.10 Å². The standard InChI is InChI=1S/C26H22N12O3S/c1-40-17-10-15-16(11-18(17)41-2)32-20-19(15)21(34-23(27)33-20)38-12-30-25(37-38)36-26(42)31-14-6-4-13(5-7-14)22(39)35-24-28-8-3-9-29-24/h3-12H,1-2H3,(H3,27,32,33,34)(H,28,29,35,39)(H2,31,36,37,42). The zero-order valence-electron chi connectivity index (χ0n) is 22.1. The SMILES string of the molecule is COc1cc2[nH]c3nc(N)nc(-n4cnc(NC(=S)Nc5ccc(C(=O)Nc6ncccn6)cc5)n4)c3c2cc1OC. The largest absolute Gasteiger partial charge is 0.493 e. The average molecular weight is 583 g/mol. The number of anilines is 4. The Hall–Kier alpha value is -5.90. The molecule has 210 valence electrons. The fourth-order valence-electron chi connectivity index (χ4n) is 4.22. The number of amides is 1. The first-order chi connectivity index (χ1) is 20.4. The number of thiocarbonyl (C=S) groups is 1. The van der Waals surface area contributed by atoms with Crippen molar-refractivity contribution in [3.05, 3.63) is 66.7 Å². The molecule has 0 radical (unpaired) electrons. The Balaban J connectivity index is 1.19. The Bertz CT molecular complexity index is 1940. The van der Waals surface area contributed by atoms with Crippen LogP contribution in [0.2, 0.25) is 0 Å². The number of ether oxygens (including phenoxy) is 2. The van der Waals surface area contributed by atoms with Gasteiger partial charge in [-0.25, -0.2) is 9.97 Å². The van der Waals surface area contributed by atoms with Gasteiger partial charge in [-0.1, -0.05) is 0 Å². The van der Waals surface area contributed by atoms with Gasteiger partial charge in [0.25, 0.3) is 5.91 Å². The van der Waals surface area contributed by atoms with Crippen LogP contribution in [0.3, 0.4) is 0 Å². The van der Waals surface area contributed by atoms with Crippen LogP contribution >= 0.6 is 12.2 Å². The van der Waals surface area contributed by atoms with Gasteiger partial charge in [0.05, 0.1) is 25.1 Å². The van der Waals surface area contributed by atoms with Gasteiger partial charge in [0.1, 0.15) is 12.0 Å². The lowest BCUT2D eigenvalue weighted by molar-refractivity contribution is 0.102. The van der Waals surface area contributed by atoms with Crippen molar-refractivity contribution in [3.8, 4) is 17.3 Å². The molecule has 0 aliphatic carbocycles. The van der Waals surface area contributed by atoms with Crippen LogP contribution in [-0.4, -0.2) is 64.9 Å². The number of carbonyl (C=O) groups excluding carboxylic acids is 1. The number of rotatable bonds is 7. The van der Waals surface area contributed by atoms with E-state index in [1.807, 2.05) is 12.1 Å². The molecule has 0 spiro atoms. The summed E-state index contributed by atoms with van der Waals surface area (Å²) in [6.07, 6.45) is 4.57. The molecular weight excluding hydrogens is 560 g/mol. The molecule has 0 aliphatic rings. The summed E-state index contributed by atoms with van der Waals surface area (Å²) in [6.45, 7) is 0. The summed E-state index contributed by atoms with van der Waals surface area (Å²) in [7, 11) is 3.13. The van der Waals surface area contributed by atoms with Crippen molar-refractivity contribution in [2.24, 2.45) is 0 Å². The van der Waals surface area contributed by atoms with Crippen molar-refractivity contribution in [2.45, 2.75) is 0 Å². The third-order valence-corrected chi connectivity index (χ3v) is 6.29. The fraction of sp³-hybridized carbons (Fsp3) is 0.0769. The molecule has 42 heavy (non-hydrogen) atoms. The molecule has 6 aromatic rings. The van der Waals surface area contributed by atoms with Crippen molar-refractivity contribution in [2.75, 3.05) is 35.9 Å². The van der Waals surface area contributed by atoms with Crippen LogP contribution in [0.1, 0.15) is 10.4 Å². The number of hydrogen-bond donors (Lipinski definition) is 5. The van der Waals surface area contributed by atoms with E-state index in [1.54, 1.807) is 56.9 Å². The second kappa shape index (κ2) is 10.9. The number of nitrogens with two attached hydrogens (primary N) is 1. The van der Waals surface area contributed by atoms with Gasteiger partial charge in [-0.3, -0.25) is 15.4 Å². The van der Waals surface area contributed by atoms with Crippen LogP contribution in [0.4, 0.5) is 23.5 Å². The van der Waals surface area contributed by atoms with E-state index < -0.39 is 0 Å². The number of aromatic nitrogens is 8. The highest BCUT2D eigenvalue weighted by Crippen LogP contribution is 2.37. The number of benzene rings is 2. The van der Waals surface area contributed by atoms with E-state index in [0.29, 0.717) is 39.6 Å². The van der Waals surface area contributed by atoms with Gasteiger partial charge in [-0.2, -0.15) is 19.6 Å². The molecule has 16 heteroatoms. The summed E-state index contributed by atoms with van der Waals surface area (Å²) in [6, 6.07) is 12.0. The van der Waals surface area contributed by atoms with Gasteiger partial charge in [-0.05, 0) is 48.6 Å². The maximum Gasteiger partial charge on any atom is 0.258 e. The van der Waals surface area contributed by atoms with E-state index >= 15 is 0 Å². The van der Waals surface area contributed by atoms with Gasteiger partial charge in [0, 0.05) is 35.1 Å². The summed E-state index contributed by atoms with van der Waals surface area (Å²) >= 11 is 5.43. The Morgan fingerprint density at radius 2 is 1.69 bits per heavy atom. The zero-order valence-corrected chi connectivity index (χ0v) is 22.9. The molecule has 2 aromatic carbocycles. The molecule has 0 aliphatic heterocycles. The number of carbonyl (C=O) groups is 1. The summed E-state index contributed by atoms with van der Waals surface area (Å²) < 4.78 is 12.4. The topological polar surface area (TPSA) is 196 Å². The van der Waals surface area contributed by atoms with Crippen molar-refractivity contribution < 1.29 is 14.3 Å². The molecule has 6 N–H and O–H groups in total. The molecule has 0 unspecified atom stereocenters. The Morgan fingerprint density at radius 1 is 0.952 bits per heavy atom. The molecule has 0 atom stereocenters. The van der Waals surface area contributed by atoms with Gasteiger partial charge in [0.2, 0.25) is 17.8 Å². The van der Waals surface area contributed by atoms with Crippen LogP contribution in [-0.2, 0) is 0 Å². The quantitative estimate of drug-likeness (QED) is 0.172. The van der Waals surface area contributed by atoms with E-state index in [-0.39, 0.29) is 28.9 Å². The summed E-state index contributed by atoms with van der Waals surface area (Å²) in [4.78, 5) is 36.7. The molecule has 4 heterocycles. The van der Waals surface area contributed by atoms with Crippen LogP contribution in [0.15, 0.2) is 61.2 Å². The zero-order chi connectivity index (χ0) is 29.2. The van der Waals surface area contributed by atoms with Gasteiger partial charge < -0.3 is 25.5 Å². The minimum Gasteiger partial charge on any atom is -0.493 e. The minimum atomic E-state index is -0.338. The highest BCUT2D eigenvalue weighted by Gasteiger charge is 2.19. The number of nitrogen functional groups attached to an aromatic ring is 1. The monoisotopic (exact) mass is 582 g/mol. The number of nitrogens with zero attached hydrogens (tertiary/aromatic N) is 7. The van der Waals surface area contributed by atoms with Gasteiger partial charge >= 0.3 is 0 Å². The van der Waals surface area contributed by atoms with Crippen molar-refractivity contribution in [1.82, 2.24) is 39.7 Å². The van der Waals surface area contributed by atoms with Crippen LogP contribution in [0.5, 0.6) is 11.5 Å². The molecular formula is C26H22N12O3S. The van der Waals surface area contributed by atoms with E-state index in [1.165, 1.54) is 11.0 Å². The van der Waals surface area contributed by atoms with Crippen molar-refractivity contribution in [1.29, 1.82) is 0 Å². The highest BCUT2D eigenvalue weighted by molar-refractivity contribution is 7.80. The molecule has 0 fully saturated rings.